The molecule has 1 aliphatic rings. The molecule has 1 atom stereocenters. The maximum absolute atomic E-state index is 12.6. The van der Waals surface area contributed by atoms with Crippen molar-refractivity contribution in [3.8, 4) is 0 Å². The molecule has 126 valence electrons. The van der Waals surface area contributed by atoms with Crippen LogP contribution < -0.4 is 4.90 Å². The Morgan fingerprint density at radius 3 is 2.72 bits per heavy atom. The number of rotatable bonds is 4. The molecule has 4 rings (SSSR count). The Bertz CT molecular complexity index is 945. The fraction of sp³-hybridized carbons (Fsp3) is 0.200. The number of para-hydroxylation sites is 2. The summed E-state index contributed by atoms with van der Waals surface area (Å²) in [5, 5.41) is 0. The Kier molecular flexibility index (Phi) is 4.17. The van der Waals surface area contributed by atoms with E-state index in [2.05, 4.69) is 33.1 Å². The quantitative estimate of drug-likeness (QED) is 0.609. The van der Waals surface area contributed by atoms with Crippen LogP contribution in [0.2, 0.25) is 0 Å². The standard InChI is InChI=1S/C20H18BrN3O/c1-2-11-23-18-6-4-3-5-17(18)22-20(23)14-12-19(25)24(13-14)16-9-7-15(21)8-10-16/h2-10,14H,1,11-13H2/t14-/m0/s1. The summed E-state index contributed by atoms with van der Waals surface area (Å²) in [5.74, 6) is 1.20. The van der Waals surface area contributed by atoms with Crippen LogP contribution in [-0.4, -0.2) is 22.0 Å². The van der Waals surface area contributed by atoms with Crippen molar-refractivity contribution < 1.29 is 4.79 Å². The van der Waals surface area contributed by atoms with Crippen molar-refractivity contribution >= 4 is 38.6 Å². The zero-order valence-electron chi connectivity index (χ0n) is 13.7. The highest BCUT2D eigenvalue weighted by molar-refractivity contribution is 9.10. The Morgan fingerprint density at radius 2 is 1.96 bits per heavy atom. The molecule has 0 N–H and O–H groups in total. The lowest BCUT2D eigenvalue weighted by Crippen LogP contribution is -2.24. The Hall–Kier alpha value is -2.40. The molecule has 5 heteroatoms. The SMILES string of the molecule is C=CCn1c([C@H]2CC(=O)N(c3ccc(Br)cc3)C2)nc2ccccc21. The number of imidazole rings is 1. The van der Waals surface area contributed by atoms with E-state index < -0.39 is 0 Å². The summed E-state index contributed by atoms with van der Waals surface area (Å²) >= 11 is 3.44. The van der Waals surface area contributed by atoms with Crippen LogP contribution in [0.5, 0.6) is 0 Å². The highest BCUT2D eigenvalue weighted by Gasteiger charge is 2.34. The third-order valence-electron chi connectivity index (χ3n) is 4.62. The molecule has 0 saturated carbocycles. The van der Waals surface area contributed by atoms with Gasteiger partial charge >= 0.3 is 0 Å². The Balaban J connectivity index is 1.70. The van der Waals surface area contributed by atoms with Crippen LogP contribution in [0.4, 0.5) is 5.69 Å². The van der Waals surface area contributed by atoms with Crippen molar-refractivity contribution in [1.82, 2.24) is 9.55 Å². The number of carbonyl (C=O) groups is 1. The number of benzene rings is 2. The highest BCUT2D eigenvalue weighted by Crippen LogP contribution is 2.33. The predicted molar refractivity (Wildman–Crippen MR) is 104 cm³/mol. The number of anilines is 1. The van der Waals surface area contributed by atoms with E-state index in [1.54, 1.807) is 0 Å². The van der Waals surface area contributed by atoms with Gasteiger partial charge in [-0.3, -0.25) is 4.79 Å². The third-order valence-corrected chi connectivity index (χ3v) is 5.15. The zero-order chi connectivity index (χ0) is 17.4. The van der Waals surface area contributed by atoms with E-state index >= 15 is 0 Å². The van der Waals surface area contributed by atoms with Gasteiger partial charge in [0.15, 0.2) is 0 Å². The average Bonchev–Trinajstić information content (AvgIpc) is 3.17. The molecule has 1 aromatic heterocycles. The van der Waals surface area contributed by atoms with Crippen molar-refractivity contribution in [2.45, 2.75) is 18.9 Å². The predicted octanol–water partition coefficient (Wildman–Crippen LogP) is 4.51. The molecule has 1 saturated heterocycles. The van der Waals surface area contributed by atoms with Gasteiger partial charge in [0.05, 0.1) is 11.0 Å². The van der Waals surface area contributed by atoms with Gasteiger partial charge in [-0.25, -0.2) is 4.98 Å². The van der Waals surface area contributed by atoms with E-state index in [4.69, 9.17) is 4.98 Å². The van der Waals surface area contributed by atoms with Gasteiger partial charge in [0, 0.05) is 35.6 Å². The number of carbonyl (C=O) groups excluding carboxylic acids is 1. The van der Waals surface area contributed by atoms with Crippen molar-refractivity contribution in [2.24, 2.45) is 0 Å². The maximum Gasteiger partial charge on any atom is 0.227 e. The summed E-state index contributed by atoms with van der Waals surface area (Å²) < 4.78 is 3.18. The normalized spacial score (nSPS) is 17.4. The van der Waals surface area contributed by atoms with Gasteiger partial charge < -0.3 is 9.47 Å². The van der Waals surface area contributed by atoms with E-state index in [0.29, 0.717) is 19.5 Å². The summed E-state index contributed by atoms with van der Waals surface area (Å²) in [6, 6.07) is 16.0. The summed E-state index contributed by atoms with van der Waals surface area (Å²) in [7, 11) is 0. The van der Waals surface area contributed by atoms with Crippen LogP contribution in [0, 0.1) is 0 Å². The molecule has 0 bridgehead atoms. The lowest BCUT2D eigenvalue weighted by molar-refractivity contribution is -0.117. The van der Waals surface area contributed by atoms with Gasteiger partial charge in [0.1, 0.15) is 5.82 Å². The molecule has 4 nitrogen and oxygen atoms in total. The van der Waals surface area contributed by atoms with Crippen molar-refractivity contribution in [1.29, 1.82) is 0 Å². The first-order chi connectivity index (χ1) is 12.2. The first-order valence-electron chi connectivity index (χ1n) is 8.29. The Morgan fingerprint density at radius 1 is 1.20 bits per heavy atom. The molecule has 0 unspecified atom stereocenters. The minimum Gasteiger partial charge on any atom is -0.324 e. The second-order valence-corrected chi connectivity index (χ2v) is 7.16. The lowest BCUT2D eigenvalue weighted by Gasteiger charge is -2.17. The molecule has 2 aromatic carbocycles. The Labute approximate surface area is 154 Å². The minimum atomic E-state index is 0.0866. The molecule has 0 radical (unpaired) electrons. The largest absolute Gasteiger partial charge is 0.324 e. The first-order valence-corrected chi connectivity index (χ1v) is 9.08. The number of hydrogen-bond donors (Lipinski definition) is 0. The van der Waals surface area contributed by atoms with Gasteiger partial charge in [0.2, 0.25) is 5.91 Å². The van der Waals surface area contributed by atoms with Crippen molar-refractivity contribution in [3.63, 3.8) is 0 Å². The van der Waals surface area contributed by atoms with E-state index in [-0.39, 0.29) is 11.8 Å². The fourth-order valence-electron chi connectivity index (χ4n) is 3.48. The van der Waals surface area contributed by atoms with E-state index in [1.807, 2.05) is 53.4 Å². The highest BCUT2D eigenvalue weighted by atomic mass is 79.9. The van der Waals surface area contributed by atoms with Crippen LogP contribution in [0.15, 0.2) is 65.7 Å². The molecule has 0 aliphatic carbocycles. The number of hydrogen-bond acceptors (Lipinski definition) is 2. The van der Waals surface area contributed by atoms with Crippen molar-refractivity contribution in [2.75, 3.05) is 11.4 Å². The van der Waals surface area contributed by atoms with Crippen molar-refractivity contribution in [3.05, 3.63) is 71.5 Å². The second-order valence-electron chi connectivity index (χ2n) is 6.24. The van der Waals surface area contributed by atoms with Gasteiger partial charge in [-0.05, 0) is 36.4 Å². The number of fused-ring (bicyclic) bond motifs is 1. The summed E-state index contributed by atoms with van der Waals surface area (Å²) in [5.41, 5.74) is 2.99. The van der Waals surface area contributed by atoms with Crippen LogP contribution in [0.1, 0.15) is 18.2 Å². The molecular weight excluding hydrogens is 378 g/mol. The maximum atomic E-state index is 12.6. The molecule has 1 fully saturated rings. The van der Waals surface area contributed by atoms with Gasteiger partial charge in [-0.1, -0.05) is 34.1 Å². The second kappa shape index (κ2) is 6.48. The monoisotopic (exact) mass is 395 g/mol. The molecule has 25 heavy (non-hydrogen) atoms. The van der Waals surface area contributed by atoms with Gasteiger partial charge in [-0.15, -0.1) is 6.58 Å². The first kappa shape index (κ1) is 16.1. The van der Waals surface area contributed by atoms with E-state index in [9.17, 15) is 4.79 Å². The zero-order valence-corrected chi connectivity index (χ0v) is 15.3. The molecule has 0 spiro atoms. The van der Waals surface area contributed by atoms with Crippen LogP contribution in [-0.2, 0) is 11.3 Å². The molecule has 1 amide bonds. The van der Waals surface area contributed by atoms with Gasteiger partial charge in [0.25, 0.3) is 0 Å². The summed E-state index contributed by atoms with van der Waals surface area (Å²) in [4.78, 5) is 19.3. The summed E-state index contributed by atoms with van der Waals surface area (Å²) in [6.07, 6.45) is 2.36. The van der Waals surface area contributed by atoms with Crippen LogP contribution >= 0.6 is 15.9 Å². The van der Waals surface area contributed by atoms with Crippen LogP contribution in [0.3, 0.4) is 0 Å². The van der Waals surface area contributed by atoms with Crippen LogP contribution in [0.25, 0.3) is 11.0 Å². The number of allylic oxidation sites excluding steroid dienone is 1. The number of nitrogens with zero attached hydrogens (tertiary/aromatic N) is 3. The third kappa shape index (κ3) is 2.89. The summed E-state index contributed by atoms with van der Waals surface area (Å²) in [6.45, 7) is 5.21. The molecule has 2 heterocycles. The number of amides is 1. The fourth-order valence-corrected chi connectivity index (χ4v) is 3.74. The molecular formula is C20H18BrN3O. The lowest BCUT2D eigenvalue weighted by atomic mass is 10.1. The number of halogens is 1. The molecule has 3 aromatic rings. The van der Waals surface area contributed by atoms with E-state index in [1.165, 1.54) is 0 Å². The molecule has 1 aliphatic heterocycles. The minimum absolute atomic E-state index is 0.0866. The van der Waals surface area contributed by atoms with E-state index in [0.717, 1.165) is 27.0 Å². The van der Waals surface area contributed by atoms with Gasteiger partial charge in [-0.2, -0.15) is 0 Å². The average molecular weight is 396 g/mol. The topological polar surface area (TPSA) is 38.1 Å². The smallest absolute Gasteiger partial charge is 0.227 e. The number of aromatic nitrogens is 2.